The van der Waals surface area contributed by atoms with Crippen LogP contribution in [-0.2, 0) is 0 Å². The van der Waals surface area contributed by atoms with E-state index in [1.54, 1.807) is 0 Å². The van der Waals surface area contributed by atoms with E-state index in [1.165, 1.54) is 37.5 Å². The molecule has 0 spiro atoms. The molecular weight excluding hydrogens is 182 g/mol. The molecule has 2 N–H and O–H groups in total. The third kappa shape index (κ3) is 92.2. The van der Waals surface area contributed by atoms with Gasteiger partial charge in [0, 0.05) is 0 Å². The Kier molecular flexibility index (Phi) is 60.0. The molecule has 0 rings (SSSR count). The van der Waals surface area contributed by atoms with Gasteiger partial charge in [-0.3, -0.25) is 0 Å². The van der Waals surface area contributed by atoms with Crippen molar-refractivity contribution in [3.8, 4) is 0 Å². The second kappa shape index (κ2) is 37.8. The van der Waals surface area contributed by atoms with Crippen LogP contribution < -0.4 is 5.73 Å². The summed E-state index contributed by atoms with van der Waals surface area (Å²) in [4.78, 5) is 0. The average molecular weight is 215 g/mol. The summed E-state index contributed by atoms with van der Waals surface area (Å²) in [6.07, 6.45) is 6.46. The minimum absolute atomic E-state index is 1.22. The second-order valence-corrected chi connectivity index (χ2v) is 2.65. The molecule has 0 fully saturated rings. The summed E-state index contributed by atoms with van der Waals surface area (Å²) >= 11 is 0. The quantitative estimate of drug-likeness (QED) is 0.501. The van der Waals surface area contributed by atoms with E-state index in [-0.39, 0.29) is 0 Å². The van der Waals surface area contributed by atoms with Gasteiger partial charge < -0.3 is 5.73 Å². The highest BCUT2D eigenvalue weighted by Crippen LogP contribution is 2.04. The van der Waals surface area contributed by atoms with Crippen LogP contribution >= 0.6 is 0 Å². The minimum Gasteiger partial charge on any atom is -0.405 e. The maximum absolute atomic E-state index is 4.61. The van der Waals surface area contributed by atoms with Gasteiger partial charge in [-0.15, -0.1) is 6.58 Å². The molecule has 0 aliphatic carbocycles. The molecule has 0 heterocycles. The molecule has 94 valence electrons. The molecule has 0 saturated carbocycles. The Hall–Kier alpha value is -0.720. The van der Waals surface area contributed by atoms with Crippen LogP contribution in [0.1, 0.15) is 67.2 Å². The Morgan fingerprint density at radius 3 is 1.67 bits per heavy atom. The summed E-state index contributed by atoms with van der Waals surface area (Å²) in [5, 5.41) is 0. The van der Waals surface area contributed by atoms with Gasteiger partial charge in [0.15, 0.2) is 0 Å². The molecule has 0 amide bonds. The Balaban J connectivity index is -0.0000000726. The van der Waals surface area contributed by atoms with Crippen LogP contribution in [-0.4, -0.2) is 0 Å². The number of hydrogen-bond acceptors (Lipinski definition) is 1. The normalized spacial score (nSPS) is 6.53. The first kappa shape index (κ1) is 23.8. The molecule has 0 bridgehead atoms. The molecule has 0 aromatic carbocycles. The molecule has 1 nitrogen and oxygen atoms in total. The van der Waals surface area contributed by atoms with Crippen molar-refractivity contribution in [1.82, 2.24) is 0 Å². The Bertz CT molecular complexity index is 95.5. The van der Waals surface area contributed by atoms with Gasteiger partial charge in [-0.05, 0) is 26.0 Å². The molecule has 15 heavy (non-hydrogen) atoms. The predicted molar refractivity (Wildman–Crippen MR) is 76.0 cm³/mol. The van der Waals surface area contributed by atoms with Crippen LogP contribution in [0.3, 0.4) is 0 Å². The highest BCUT2D eigenvalue weighted by atomic mass is 14.5. The van der Waals surface area contributed by atoms with Crippen molar-refractivity contribution in [1.29, 1.82) is 0 Å². The largest absolute Gasteiger partial charge is 0.405 e. The molecule has 1 heteroatoms. The van der Waals surface area contributed by atoms with E-state index >= 15 is 0 Å². The summed E-state index contributed by atoms with van der Waals surface area (Å²) in [7, 11) is 0. The molecule has 0 aliphatic heterocycles. The van der Waals surface area contributed by atoms with Crippen LogP contribution in [0.2, 0.25) is 0 Å². The third-order valence-electron chi connectivity index (χ3n) is 1.21. The zero-order valence-corrected chi connectivity index (χ0v) is 11.9. The van der Waals surface area contributed by atoms with E-state index in [0.717, 1.165) is 0 Å². The van der Waals surface area contributed by atoms with Crippen LogP contribution in [0.4, 0.5) is 0 Å². The van der Waals surface area contributed by atoms with Crippen molar-refractivity contribution < 1.29 is 0 Å². The van der Waals surface area contributed by atoms with Crippen molar-refractivity contribution in [3.63, 3.8) is 0 Å². The third-order valence-corrected chi connectivity index (χ3v) is 1.21. The fraction of sp³-hybridized carbons (Fsp3) is 0.714. The predicted octanol–water partition coefficient (Wildman–Crippen LogP) is 5.28. The van der Waals surface area contributed by atoms with Gasteiger partial charge in [0.1, 0.15) is 0 Å². The highest BCUT2D eigenvalue weighted by Gasteiger charge is 1.84. The first-order valence-corrected chi connectivity index (χ1v) is 6.16. The SMILES string of the molecule is C=C(C)CCCCC.C=CN.CC.CC. The molecule has 0 aliphatic rings. The Morgan fingerprint density at radius 1 is 1.13 bits per heavy atom. The number of rotatable bonds is 4. The van der Waals surface area contributed by atoms with Crippen LogP contribution in [0.25, 0.3) is 0 Å². The van der Waals surface area contributed by atoms with Crippen LogP contribution in [0.5, 0.6) is 0 Å². The molecule has 0 radical (unpaired) electrons. The van der Waals surface area contributed by atoms with Crippen molar-refractivity contribution in [2.24, 2.45) is 5.73 Å². The number of nitrogens with two attached hydrogens (primary N) is 1. The lowest BCUT2D eigenvalue weighted by Gasteiger charge is -1.94. The average Bonchev–Trinajstić information content (AvgIpc) is 2.25. The lowest BCUT2D eigenvalue weighted by Crippen LogP contribution is -1.74. The summed E-state index contributed by atoms with van der Waals surface area (Å²) in [6.45, 7) is 19.3. The number of unbranched alkanes of at least 4 members (excludes halogenated alkanes) is 2. The fourth-order valence-corrected chi connectivity index (χ4v) is 0.677. The molecule has 0 unspecified atom stereocenters. The number of allylic oxidation sites excluding steroid dienone is 1. The van der Waals surface area contributed by atoms with E-state index in [4.69, 9.17) is 0 Å². The topological polar surface area (TPSA) is 26.0 Å². The smallest absolute Gasteiger partial charge is 0.0136 e. The summed E-state index contributed by atoms with van der Waals surface area (Å²) in [6, 6.07) is 0. The van der Waals surface area contributed by atoms with Gasteiger partial charge in [-0.25, -0.2) is 0 Å². The molecule has 0 saturated heterocycles. The first-order chi connectivity index (χ1) is 7.18. The van der Waals surface area contributed by atoms with Crippen molar-refractivity contribution in [2.75, 3.05) is 0 Å². The molecule has 0 atom stereocenters. The second-order valence-electron chi connectivity index (χ2n) is 2.65. The van der Waals surface area contributed by atoms with Gasteiger partial charge in [0.25, 0.3) is 0 Å². The highest BCUT2D eigenvalue weighted by molar-refractivity contribution is 4.86. The standard InChI is InChI=1S/C8H16.C2H5N.2C2H6/c1-4-5-6-7-8(2)3;1-2-3;2*1-2/h2,4-7H2,1,3H3;2H,1,3H2;2*1-2H3. The maximum atomic E-state index is 4.61. The van der Waals surface area contributed by atoms with Gasteiger partial charge in [-0.1, -0.05) is 59.6 Å². The lowest BCUT2D eigenvalue weighted by molar-refractivity contribution is 0.714. The zero-order valence-electron chi connectivity index (χ0n) is 11.9. The Morgan fingerprint density at radius 2 is 1.47 bits per heavy atom. The molecule has 0 aromatic rings. The van der Waals surface area contributed by atoms with Gasteiger partial charge >= 0.3 is 0 Å². The van der Waals surface area contributed by atoms with E-state index in [9.17, 15) is 0 Å². The van der Waals surface area contributed by atoms with E-state index in [0.29, 0.717) is 0 Å². The minimum atomic E-state index is 1.22. The zero-order chi connectivity index (χ0) is 13.1. The number of hydrogen-bond donors (Lipinski definition) is 1. The lowest BCUT2D eigenvalue weighted by atomic mass is 10.1. The molecule has 0 aromatic heterocycles. The van der Waals surface area contributed by atoms with Crippen LogP contribution in [0.15, 0.2) is 24.9 Å². The van der Waals surface area contributed by atoms with Crippen molar-refractivity contribution >= 4 is 0 Å². The molecular formula is C14H33N. The van der Waals surface area contributed by atoms with E-state index in [2.05, 4.69) is 32.7 Å². The van der Waals surface area contributed by atoms with E-state index in [1.807, 2.05) is 27.7 Å². The first-order valence-electron chi connectivity index (χ1n) is 6.16. The van der Waals surface area contributed by atoms with Crippen molar-refractivity contribution in [3.05, 3.63) is 24.9 Å². The summed E-state index contributed by atoms with van der Waals surface area (Å²) in [5.74, 6) is 0. The van der Waals surface area contributed by atoms with Crippen molar-refractivity contribution in [2.45, 2.75) is 67.2 Å². The maximum Gasteiger partial charge on any atom is -0.0136 e. The summed E-state index contributed by atoms with van der Waals surface area (Å²) in [5.41, 5.74) is 5.93. The van der Waals surface area contributed by atoms with Crippen LogP contribution in [0, 0.1) is 0 Å². The summed E-state index contributed by atoms with van der Waals surface area (Å²) < 4.78 is 0. The van der Waals surface area contributed by atoms with E-state index < -0.39 is 0 Å². The Labute approximate surface area is 98.5 Å². The monoisotopic (exact) mass is 215 g/mol. The fourth-order valence-electron chi connectivity index (χ4n) is 0.677. The van der Waals surface area contributed by atoms with Gasteiger partial charge in [0.05, 0.1) is 0 Å². The van der Waals surface area contributed by atoms with Gasteiger partial charge in [0.2, 0.25) is 0 Å². The van der Waals surface area contributed by atoms with Gasteiger partial charge in [-0.2, -0.15) is 0 Å².